The van der Waals surface area contributed by atoms with E-state index in [0.29, 0.717) is 29.7 Å². The van der Waals surface area contributed by atoms with Gasteiger partial charge in [-0.2, -0.15) is 0 Å². The molecule has 0 bridgehead atoms. The first kappa shape index (κ1) is 17.1. The Morgan fingerprint density at radius 2 is 2.00 bits per heavy atom. The number of amides is 1. The molecule has 1 heterocycles. The minimum absolute atomic E-state index is 0.196. The molecule has 0 saturated carbocycles. The summed E-state index contributed by atoms with van der Waals surface area (Å²) in [4.78, 5) is 14.7. The summed E-state index contributed by atoms with van der Waals surface area (Å²) in [5.74, 6) is 0.449. The number of anilines is 1. The molecule has 4 N–H and O–H groups in total. The highest BCUT2D eigenvalue weighted by atomic mass is 16.5. The van der Waals surface area contributed by atoms with Crippen LogP contribution in [0, 0.1) is 0 Å². The summed E-state index contributed by atoms with van der Waals surface area (Å²) >= 11 is 0. The van der Waals surface area contributed by atoms with Crippen LogP contribution >= 0.6 is 0 Å². The van der Waals surface area contributed by atoms with Gasteiger partial charge in [0.15, 0.2) is 0 Å². The number of carbonyl (C=O) groups excluding carboxylic acids is 1. The predicted octanol–water partition coefficient (Wildman–Crippen LogP) is 2.00. The number of aromatic nitrogens is 1. The molecular weight excluding hydrogens is 294 g/mol. The van der Waals surface area contributed by atoms with E-state index in [1.165, 1.54) is 0 Å². The van der Waals surface area contributed by atoms with Gasteiger partial charge in [-0.15, -0.1) is 0 Å². The van der Waals surface area contributed by atoms with E-state index in [4.69, 9.17) is 4.74 Å². The fourth-order valence-corrected chi connectivity index (χ4v) is 1.93. The smallest absolute Gasteiger partial charge is 0.272 e. The fourth-order valence-electron chi connectivity index (χ4n) is 1.93. The highest BCUT2D eigenvalue weighted by Crippen LogP contribution is 2.16. The van der Waals surface area contributed by atoms with Gasteiger partial charge in [-0.1, -0.05) is 13.8 Å². The van der Waals surface area contributed by atoms with Gasteiger partial charge in [0.2, 0.25) is 0 Å². The molecule has 0 aliphatic heterocycles. The molecule has 1 amide bonds. The van der Waals surface area contributed by atoms with E-state index in [9.17, 15) is 9.90 Å². The molecule has 2 aromatic rings. The van der Waals surface area contributed by atoms with Crippen LogP contribution in [0.2, 0.25) is 0 Å². The molecule has 6 heteroatoms. The Morgan fingerprint density at radius 1 is 1.26 bits per heavy atom. The number of aliphatic hydroxyl groups is 1. The first-order valence-corrected chi connectivity index (χ1v) is 7.63. The molecule has 0 radical (unpaired) electrons. The number of carbonyl (C=O) groups is 1. The van der Waals surface area contributed by atoms with Crippen LogP contribution in [0.1, 0.15) is 24.3 Å². The van der Waals surface area contributed by atoms with Crippen LogP contribution in [0.15, 0.2) is 42.6 Å². The van der Waals surface area contributed by atoms with E-state index in [-0.39, 0.29) is 12.5 Å². The van der Waals surface area contributed by atoms with Gasteiger partial charge in [-0.25, -0.2) is 0 Å². The summed E-state index contributed by atoms with van der Waals surface area (Å²) in [6, 6.07) is 10.8. The molecular formula is C17H23N3O3. The number of aromatic amines is 1. The van der Waals surface area contributed by atoms with Gasteiger partial charge in [0.1, 0.15) is 24.2 Å². The monoisotopic (exact) mass is 317 g/mol. The third kappa shape index (κ3) is 5.77. The third-order valence-corrected chi connectivity index (χ3v) is 3.16. The van der Waals surface area contributed by atoms with Crippen LogP contribution in [-0.2, 0) is 0 Å². The first-order chi connectivity index (χ1) is 11.0. The lowest BCUT2D eigenvalue weighted by Gasteiger charge is -2.15. The van der Waals surface area contributed by atoms with E-state index in [2.05, 4.69) is 15.6 Å². The second-order valence-corrected chi connectivity index (χ2v) is 5.59. The Kier molecular flexibility index (Phi) is 6.19. The molecule has 1 aromatic heterocycles. The van der Waals surface area contributed by atoms with Crippen LogP contribution < -0.4 is 15.4 Å². The van der Waals surface area contributed by atoms with Crippen LogP contribution in [-0.4, -0.2) is 41.3 Å². The average Bonchev–Trinajstić information content (AvgIpc) is 3.07. The number of nitrogens with one attached hydrogen (secondary N) is 3. The van der Waals surface area contributed by atoms with Gasteiger partial charge in [0.25, 0.3) is 5.91 Å². The summed E-state index contributed by atoms with van der Waals surface area (Å²) in [6.45, 7) is 4.75. The molecule has 0 saturated heterocycles. The zero-order chi connectivity index (χ0) is 16.7. The van der Waals surface area contributed by atoms with Crippen LogP contribution in [0.3, 0.4) is 0 Å². The number of hydrogen-bond acceptors (Lipinski definition) is 4. The SMILES string of the molecule is CC(C)NCC(O)COc1ccc(NC(=O)c2ccc[nH]2)cc1. The first-order valence-electron chi connectivity index (χ1n) is 7.63. The van der Waals surface area contributed by atoms with E-state index >= 15 is 0 Å². The third-order valence-electron chi connectivity index (χ3n) is 3.16. The molecule has 1 unspecified atom stereocenters. The van der Waals surface area contributed by atoms with E-state index in [1.807, 2.05) is 13.8 Å². The Hall–Kier alpha value is -2.31. The summed E-state index contributed by atoms with van der Waals surface area (Å²) in [6.07, 6.45) is 1.13. The number of ether oxygens (including phenoxy) is 1. The van der Waals surface area contributed by atoms with Crippen molar-refractivity contribution in [1.82, 2.24) is 10.3 Å². The van der Waals surface area contributed by atoms with E-state index < -0.39 is 6.10 Å². The van der Waals surface area contributed by atoms with Gasteiger partial charge in [-0.05, 0) is 36.4 Å². The number of rotatable bonds is 8. The van der Waals surface area contributed by atoms with Crippen LogP contribution in [0.5, 0.6) is 5.75 Å². The fraction of sp³-hybridized carbons (Fsp3) is 0.353. The summed E-state index contributed by atoms with van der Waals surface area (Å²) in [5, 5.41) is 15.7. The lowest BCUT2D eigenvalue weighted by molar-refractivity contribution is 0.102. The lowest BCUT2D eigenvalue weighted by Crippen LogP contribution is -2.35. The maximum atomic E-state index is 11.9. The predicted molar refractivity (Wildman–Crippen MR) is 89.8 cm³/mol. The Labute approximate surface area is 135 Å². The molecule has 0 fully saturated rings. The molecule has 6 nitrogen and oxygen atoms in total. The average molecular weight is 317 g/mol. The largest absolute Gasteiger partial charge is 0.491 e. The summed E-state index contributed by atoms with van der Waals surface area (Å²) < 4.78 is 5.52. The lowest BCUT2D eigenvalue weighted by atomic mass is 10.3. The Balaban J connectivity index is 1.79. The van der Waals surface area contributed by atoms with Crippen molar-refractivity contribution in [1.29, 1.82) is 0 Å². The number of H-pyrrole nitrogens is 1. The van der Waals surface area contributed by atoms with Crippen LogP contribution in [0.25, 0.3) is 0 Å². The van der Waals surface area contributed by atoms with E-state index in [1.54, 1.807) is 42.6 Å². The van der Waals surface area contributed by atoms with Crippen molar-refractivity contribution in [2.24, 2.45) is 0 Å². The van der Waals surface area contributed by atoms with Crippen molar-refractivity contribution >= 4 is 11.6 Å². The highest BCUT2D eigenvalue weighted by Gasteiger charge is 2.08. The number of hydrogen-bond donors (Lipinski definition) is 4. The zero-order valence-electron chi connectivity index (χ0n) is 13.4. The van der Waals surface area contributed by atoms with Gasteiger partial charge < -0.3 is 25.5 Å². The van der Waals surface area contributed by atoms with Gasteiger partial charge in [-0.3, -0.25) is 4.79 Å². The molecule has 23 heavy (non-hydrogen) atoms. The van der Waals surface area contributed by atoms with Crippen molar-refractivity contribution in [3.8, 4) is 5.75 Å². The molecule has 0 spiro atoms. The van der Waals surface area contributed by atoms with Crippen molar-refractivity contribution in [2.75, 3.05) is 18.5 Å². The quantitative estimate of drug-likeness (QED) is 0.600. The highest BCUT2D eigenvalue weighted by molar-refractivity contribution is 6.02. The minimum Gasteiger partial charge on any atom is -0.491 e. The van der Waals surface area contributed by atoms with E-state index in [0.717, 1.165) is 0 Å². The minimum atomic E-state index is -0.565. The van der Waals surface area contributed by atoms with Crippen molar-refractivity contribution in [3.63, 3.8) is 0 Å². The molecule has 1 atom stereocenters. The maximum absolute atomic E-state index is 11.9. The van der Waals surface area contributed by atoms with Gasteiger partial charge in [0.05, 0.1) is 0 Å². The van der Waals surface area contributed by atoms with Crippen LogP contribution in [0.4, 0.5) is 5.69 Å². The number of benzene rings is 1. The zero-order valence-corrected chi connectivity index (χ0v) is 13.4. The van der Waals surface area contributed by atoms with Gasteiger partial charge >= 0.3 is 0 Å². The Bertz CT molecular complexity index is 594. The standard InChI is InChI=1S/C17H23N3O3/c1-12(2)19-10-14(21)11-23-15-7-5-13(6-8-15)20-17(22)16-4-3-9-18-16/h3-9,12,14,18-19,21H,10-11H2,1-2H3,(H,20,22). The molecule has 2 rings (SSSR count). The summed E-state index contributed by atoms with van der Waals surface area (Å²) in [5.41, 5.74) is 1.19. The topological polar surface area (TPSA) is 86.4 Å². The Morgan fingerprint density at radius 3 is 2.61 bits per heavy atom. The second-order valence-electron chi connectivity index (χ2n) is 5.59. The van der Waals surface area contributed by atoms with Crippen molar-refractivity contribution < 1.29 is 14.6 Å². The second kappa shape index (κ2) is 8.36. The summed E-state index contributed by atoms with van der Waals surface area (Å²) in [7, 11) is 0. The van der Waals surface area contributed by atoms with Crippen molar-refractivity contribution in [3.05, 3.63) is 48.3 Å². The number of aliphatic hydroxyl groups excluding tert-OH is 1. The normalized spacial score (nSPS) is 12.2. The van der Waals surface area contributed by atoms with Crippen molar-refractivity contribution in [2.45, 2.75) is 26.0 Å². The van der Waals surface area contributed by atoms with Gasteiger partial charge in [0, 0.05) is 24.5 Å². The molecule has 0 aliphatic carbocycles. The molecule has 1 aromatic carbocycles. The maximum Gasteiger partial charge on any atom is 0.272 e. The molecule has 124 valence electrons. The molecule has 0 aliphatic rings.